The highest BCUT2D eigenvalue weighted by Gasteiger charge is 2.13. The molecular formula is C10H9F2N3O2. The molecule has 0 spiro atoms. The lowest BCUT2D eigenvalue weighted by atomic mass is 10.0. The molecule has 1 atom stereocenters. The molecule has 0 saturated carbocycles. The Labute approximate surface area is 95.3 Å². The van der Waals surface area contributed by atoms with Gasteiger partial charge in [0.15, 0.2) is 11.6 Å². The monoisotopic (exact) mass is 241 g/mol. The molecule has 0 aliphatic rings. The zero-order chi connectivity index (χ0) is 12.8. The van der Waals surface area contributed by atoms with E-state index in [0.717, 1.165) is 12.1 Å². The van der Waals surface area contributed by atoms with Crippen molar-refractivity contribution in [2.24, 2.45) is 5.11 Å². The minimum Gasteiger partial charge on any atom is -0.481 e. The molecule has 0 radical (unpaired) electrons. The number of halogens is 2. The Kier molecular flexibility index (Phi) is 4.42. The maximum atomic E-state index is 13.0. The van der Waals surface area contributed by atoms with E-state index in [2.05, 4.69) is 10.0 Å². The van der Waals surface area contributed by atoms with Gasteiger partial charge in [-0.3, -0.25) is 4.79 Å². The Balaban J connectivity index is 2.92. The maximum absolute atomic E-state index is 13.0. The van der Waals surface area contributed by atoms with E-state index in [-0.39, 0.29) is 18.4 Å². The summed E-state index contributed by atoms with van der Waals surface area (Å²) in [4.78, 5) is 12.9. The van der Waals surface area contributed by atoms with Crippen LogP contribution in [0.4, 0.5) is 8.78 Å². The molecule has 5 nitrogen and oxygen atoms in total. The second kappa shape index (κ2) is 5.81. The van der Waals surface area contributed by atoms with Gasteiger partial charge in [0.2, 0.25) is 0 Å². The molecule has 1 aromatic rings. The third-order valence-corrected chi connectivity index (χ3v) is 2.15. The van der Waals surface area contributed by atoms with Crippen LogP contribution in [0.3, 0.4) is 0 Å². The van der Waals surface area contributed by atoms with Crippen molar-refractivity contribution in [3.63, 3.8) is 0 Å². The van der Waals surface area contributed by atoms with Crippen molar-refractivity contribution in [3.8, 4) is 0 Å². The van der Waals surface area contributed by atoms with Crippen LogP contribution >= 0.6 is 0 Å². The molecule has 0 saturated heterocycles. The van der Waals surface area contributed by atoms with E-state index in [1.54, 1.807) is 0 Å². The summed E-state index contributed by atoms with van der Waals surface area (Å²) in [6.45, 7) is 0. The van der Waals surface area contributed by atoms with Crippen molar-refractivity contribution in [1.29, 1.82) is 0 Å². The minimum absolute atomic E-state index is 0.0322. The number of carboxylic acid groups (broad SMARTS) is 1. The molecule has 90 valence electrons. The summed E-state index contributed by atoms with van der Waals surface area (Å²) in [6.07, 6.45) is -0.187. The lowest BCUT2D eigenvalue weighted by Gasteiger charge is -2.10. The Morgan fingerprint density at radius 2 is 2.18 bits per heavy atom. The summed E-state index contributed by atoms with van der Waals surface area (Å²) in [5.41, 5.74) is 8.58. The number of aliphatic carboxylic acids is 1. The Morgan fingerprint density at radius 3 is 2.71 bits per heavy atom. The van der Waals surface area contributed by atoms with Crippen LogP contribution in [0.15, 0.2) is 23.3 Å². The minimum atomic E-state index is -1.06. The molecule has 0 amide bonds. The fraction of sp³-hybridized carbons (Fsp3) is 0.300. The van der Waals surface area contributed by atoms with Gasteiger partial charge in [0, 0.05) is 11.3 Å². The topological polar surface area (TPSA) is 86.1 Å². The molecule has 0 heterocycles. The highest BCUT2D eigenvalue weighted by atomic mass is 19.2. The van der Waals surface area contributed by atoms with E-state index in [1.165, 1.54) is 6.07 Å². The Bertz CT molecular complexity index is 473. The highest BCUT2D eigenvalue weighted by Crippen LogP contribution is 2.24. The third-order valence-electron chi connectivity index (χ3n) is 2.15. The van der Waals surface area contributed by atoms with Gasteiger partial charge >= 0.3 is 5.97 Å². The van der Waals surface area contributed by atoms with E-state index < -0.39 is 23.6 Å². The molecule has 1 N–H and O–H groups in total. The second-order valence-electron chi connectivity index (χ2n) is 3.33. The van der Waals surface area contributed by atoms with Crippen LogP contribution < -0.4 is 0 Å². The number of azide groups is 1. The van der Waals surface area contributed by atoms with Crippen LogP contribution in [0.25, 0.3) is 10.4 Å². The van der Waals surface area contributed by atoms with Crippen molar-refractivity contribution in [2.75, 3.05) is 0 Å². The predicted octanol–water partition coefficient (Wildman–Crippen LogP) is 3.18. The van der Waals surface area contributed by atoms with Gasteiger partial charge in [-0.2, -0.15) is 0 Å². The van der Waals surface area contributed by atoms with Crippen LogP contribution in [0.1, 0.15) is 24.4 Å². The van der Waals surface area contributed by atoms with E-state index in [4.69, 9.17) is 10.6 Å². The molecule has 0 bridgehead atoms. The van der Waals surface area contributed by atoms with Crippen LogP contribution in [-0.2, 0) is 4.79 Å². The van der Waals surface area contributed by atoms with E-state index >= 15 is 0 Å². The van der Waals surface area contributed by atoms with Crippen LogP contribution in [0, 0.1) is 11.6 Å². The smallest absolute Gasteiger partial charge is 0.303 e. The lowest BCUT2D eigenvalue weighted by molar-refractivity contribution is -0.137. The first kappa shape index (κ1) is 12.9. The summed E-state index contributed by atoms with van der Waals surface area (Å²) in [7, 11) is 0. The summed E-state index contributed by atoms with van der Waals surface area (Å²) in [5.74, 6) is -3.12. The van der Waals surface area contributed by atoms with Crippen LogP contribution in [-0.4, -0.2) is 11.1 Å². The Morgan fingerprint density at radius 1 is 1.47 bits per heavy atom. The summed E-state index contributed by atoms with van der Waals surface area (Å²) < 4.78 is 25.6. The zero-order valence-corrected chi connectivity index (χ0v) is 8.68. The van der Waals surface area contributed by atoms with Crippen molar-refractivity contribution in [1.82, 2.24) is 0 Å². The van der Waals surface area contributed by atoms with Crippen molar-refractivity contribution in [2.45, 2.75) is 18.9 Å². The number of hydrogen-bond acceptors (Lipinski definition) is 2. The third kappa shape index (κ3) is 3.73. The van der Waals surface area contributed by atoms with Crippen LogP contribution in [0.2, 0.25) is 0 Å². The van der Waals surface area contributed by atoms with Crippen molar-refractivity contribution < 1.29 is 18.7 Å². The SMILES string of the molecule is [N-]=[N+]=NC(CCC(=O)O)c1ccc(F)c(F)c1. The number of carboxylic acids is 1. The van der Waals surface area contributed by atoms with E-state index in [1.807, 2.05) is 0 Å². The standard InChI is InChI=1S/C10H9F2N3O2/c11-7-2-1-6(5-8(7)12)9(14-15-13)3-4-10(16)17/h1-2,5,9H,3-4H2,(H,16,17). The van der Waals surface area contributed by atoms with Gasteiger partial charge in [0.05, 0.1) is 6.04 Å². The highest BCUT2D eigenvalue weighted by molar-refractivity contribution is 5.66. The molecule has 0 fully saturated rings. The number of benzene rings is 1. The van der Waals surface area contributed by atoms with Gasteiger partial charge < -0.3 is 5.11 Å². The molecule has 1 unspecified atom stereocenters. The van der Waals surface area contributed by atoms with Crippen molar-refractivity contribution >= 4 is 5.97 Å². The molecule has 1 rings (SSSR count). The molecule has 1 aromatic carbocycles. The molecule has 0 aromatic heterocycles. The van der Waals surface area contributed by atoms with Gasteiger partial charge in [-0.25, -0.2) is 8.78 Å². The fourth-order valence-electron chi connectivity index (χ4n) is 1.33. The average molecular weight is 241 g/mol. The molecule has 7 heteroatoms. The molecule has 0 aliphatic heterocycles. The lowest BCUT2D eigenvalue weighted by Crippen LogP contribution is -2.01. The second-order valence-corrected chi connectivity index (χ2v) is 3.33. The molecule has 17 heavy (non-hydrogen) atoms. The molecule has 0 aliphatic carbocycles. The first-order chi connectivity index (χ1) is 8.04. The van der Waals surface area contributed by atoms with Gasteiger partial charge in [0.1, 0.15) is 0 Å². The molecular weight excluding hydrogens is 232 g/mol. The summed E-state index contributed by atoms with van der Waals surface area (Å²) in [5, 5.41) is 11.9. The summed E-state index contributed by atoms with van der Waals surface area (Å²) in [6, 6.07) is 2.26. The van der Waals surface area contributed by atoms with Gasteiger partial charge in [-0.1, -0.05) is 11.2 Å². The van der Waals surface area contributed by atoms with Gasteiger partial charge in [-0.15, -0.1) is 0 Å². The quantitative estimate of drug-likeness (QED) is 0.487. The van der Waals surface area contributed by atoms with Crippen molar-refractivity contribution in [3.05, 3.63) is 45.8 Å². The zero-order valence-electron chi connectivity index (χ0n) is 8.68. The number of carbonyl (C=O) groups is 1. The number of nitrogens with zero attached hydrogens (tertiary/aromatic N) is 3. The Hall–Kier alpha value is -2.14. The summed E-state index contributed by atoms with van der Waals surface area (Å²) >= 11 is 0. The first-order valence-electron chi connectivity index (χ1n) is 4.75. The number of rotatable bonds is 5. The van der Waals surface area contributed by atoms with Crippen LogP contribution in [0.5, 0.6) is 0 Å². The first-order valence-corrected chi connectivity index (χ1v) is 4.75. The van der Waals surface area contributed by atoms with Gasteiger partial charge in [-0.05, 0) is 29.6 Å². The van der Waals surface area contributed by atoms with E-state index in [0.29, 0.717) is 0 Å². The van der Waals surface area contributed by atoms with Gasteiger partial charge in [0.25, 0.3) is 0 Å². The van der Waals surface area contributed by atoms with E-state index in [9.17, 15) is 13.6 Å². The predicted molar refractivity (Wildman–Crippen MR) is 55.1 cm³/mol. The maximum Gasteiger partial charge on any atom is 0.303 e. The average Bonchev–Trinajstić information content (AvgIpc) is 2.28. The fourth-order valence-corrected chi connectivity index (χ4v) is 1.33. The largest absolute Gasteiger partial charge is 0.481 e. The normalized spacial score (nSPS) is 11.6. The number of hydrogen-bond donors (Lipinski definition) is 1.